The minimum absolute atomic E-state index is 0.888. The number of fused-ring (bicyclic) bond motifs is 13. The molecule has 2 nitrogen and oxygen atoms in total. The van der Waals surface area contributed by atoms with Crippen molar-refractivity contribution in [2.24, 2.45) is 0 Å². The van der Waals surface area contributed by atoms with Crippen molar-refractivity contribution in [3.05, 3.63) is 218 Å². The molecule has 0 aliphatic rings. The molecule has 0 radical (unpaired) electrons. The third-order valence-corrected chi connectivity index (χ3v) is 13.6. The zero-order valence-electron chi connectivity index (χ0n) is 34.6. The van der Waals surface area contributed by atoms with E-state index in [0.717, 1.165) is 76.9 Å². The van der Waals surface area contributed by atoms with Crippen LogP contribution < -0.4 is 0 Å². The number of furan rings is 2. The monoisotopic (exact) mass is 812 g/mol. The van der Waals surface area contributed by atoms with Crippen LogP contribution in [0.5, 0.6) is 0 Å². The Kier molecular flexibility index (Phi) is 7.43. The standard InChI is InChI=1S/C62H36O2/c1-2-16-37(17-3-1)51-35-41(32-38-18-4-7-21-42(38)51)58-47-28-14-26-45(54-33-39-19-5-8-22-43(39)59-49-24-10-12-30-56(49)63-61(54)59)52(47)36-53-46(27-15-29-48(53)58)55-34-40-20-6-9-23-44(40)60-50-25-11-13-31-57(50)64-62(55)60/h1-36H. The Balaban J connectivity index is 1.16. The zero-order chi connectivity index (χ0) is 41.9. The molecule has 0 saturated heterocycles. The summed E-state index contributed by atoms with van der Waals surface area (Å²) < 4.78 is 13.8. The third-order valence-electron chi connectivity index (χ3n) is 13.6. The van der Waals surface area contributed by atoms with Gasteiger partial charge in [0.2, 0.25) is 0 Å². The molecular formula is C62H36O2. The second-order valence-electron chi connectivity index (χ2n) is 17.1. The van der Waals surface area contributed by atoms with E-state index in [-0.39, 0.29) is 0 Å². The van der Waals surface area contributed by atoms with Crippen molar-refractivity contribution >= 4 is 97.7 Å². The van der Waals surface area contributed by atoms with Gasteiger partial charge in [-0.05, 0) is 130 Å². The maximum absolute atomic E-state index is 6.91. The van der Waals surface area contributed by atoms with Crippen LogP contribution >= 0.6 is 0 Å². The van der Waals surface area contributed by atoms with Gasteiger partial charge < -0.3 is 8.83 Å². The SMILES string of the molecule is c1ccc(-c2cc(-c3c4cccc(-c5cc6ccccc6c6c5oc5ccccc56)c4cc4c(-c5cc6ccccc6c6c5oc5ccccc56)cccc34)cc3ccccc23)cc1. The first kappa shape index (κ1) is 35.2. The minimum Gasteiger partial charge on any atom is -0.455 e. The van der Waals surface area contributed by atoms with Gasteiger partial charge in [-0.2, -0.15) is 0 Å². The van der Waals surface area contributed by atoms with Gasteiger partial charge in [0.05, 0.1) is 0 Å². The van der Waals surface area contributed by atoms with E-state index in [0.29, 0.717) is 0 Å². The lowest BCUT2D eigenvalue weighted by Gasteiger charge is -2.19. The summed E-state index contributed by atoms with van der Waals surface area (Å²) in [5.41, 5.74) is 12.8. The number of benzene rings is 12. The largest absolute Gasteiger partial charge is 0.455 e. The Labute approximate surface area is 367 Å². The van der Waals surface area contributed by atoms with Crippen LogP contribution in [-0.4, -0.2) is 0 Å². The quantitative estimate of drug-likeness (QED) is 0.166. The van der Waals surface area contributed by atoms with Gasteiger partial charge in [-0.1, -0.05) is 176 Å². The first-order valence-corrected chi connectivity index (χ1v) is 22.0. The molecule has 2 heterocycles. The summed E-state index contributed by atoms with van der Waals surface area (Å²) in [7, 11) is 0. The molecule has 0 amide bonds. The van der Waals surface area contributed by atoms with Crippen molar-refractivity contribution in [2.45, 2.75) is 0 Å². The van der Waals surface area contributed by atoms with E-state index in [1.54, 1.807) is 0 Å². The van der Waals surface area contributed by atoms with Crippen molar-refractivity contribution in [2.75, 3.05) is 0 Å². The fraction of sp³-hybridized carbons (Fsp3) is 0. The van der Waals surface area contributed by atoms with Crippen LogP contribution in [0.2, 0.25) is 0 Å². The van der Waals surface area contributed by atoms with E-state index < -0.39 is 0 Å². The molecule has 0 bridgehead atoms. The summed E-state index contributed by atoms with van der Waals surface area (Å²) in [5.74, 6) is 0. The molecule has 0 saturated carbocycles. The fourth-order valence-electron chi connectivity index (χ4n) is 10.8. The summed E-state index contributed by atoms with van der Waals surface area (Å²) in [4.78, 5) is 0. The predicted molar refractivity (Wildman–Crippen MR) is 270 cm³/mol. The van der Waals surface area contributed by atoms with E-state index in [9.17, 15) is 0 Å². The summed E-state index contributed by atoms with van der Waals surface area (Å²) in [5, 5.41) is 16.4. The van der Waals surface area contributed by atoms with Gasteiger partial charge in [-0.25, -0.2) is 0 Å². The summed E-state index contributed by atoms with van der Waals surface area (Å²) in [6.45, 7) is 0. The van der Waals surface area contributed by atoms with Gasteiger partial charge in [0.25, 0.3) is 0 Å². The molecule has 14 aromatic rings. The highest BCUT2D eigenvalue weighted by molar-refractivity contribution is 6.28. The molecule has 0 N–H and O–H groups in total. The van der Waals surface area contributed by atoms with Crippen LogP contribution in [0.4, 0.5) is 0 Å². The van der Waals surface area contributed by atoms with Gasteiger partial charge in [0.1, 0.15) is 22.3 Å². The van der Waals surface area contributed by atoms with Gasteiger partial charge in [-0.15, -0.1) is 0 Å². The molecule has 0 unspecified atom stereocenters. The van der Waals surface area contributed by atoms with Crippen LogP contribution in [0.3, 0.4) is 0 Å². The molecule has 296 valence electrons. The van der Waals surface area contributed by atoms with E-state index in [1.807, 2.05) is 0 Å². The van der Waals surface area contributed by atoms with Gasteiger partial charge in [0.15, 0.2) is 0 Å². The molecule has 0 fully saturated rings. The molecular weight excluding hydrogens is 777 g/mol. The van der Waals surface area contributed by atoms with Gasteiger partial charge in [-0.3, -0.25) is 0 Å². The zero-order valence-corrected chi connectivity index (χ0v) is 34.6. The minimum atomic E-state index is 0.888. The summed E-state index contributed by atoms with van der Waals surface area (Å²) >= 11 is 0. The third kappa shape index (κ3) is 5.08. The Morgan fingerprint density at radius 3 is 1.22 bits per heavy atom. The Morgan fingerprint density at radius 1 is 0.234 bits per heavy atom. The first-order valence-electron chi connectivity index (χ1n) is 22.0. The van der Waals surface area contributed by atoms with E-state index in [2.05, 4.69) is 218 Å². The van der Waals surface area contributed by atoms with Crippen molar-refractivity contribution in [3.8, 4) is 44.5 Å². The maximum atomic E-state index is 6.91. The highest BCUT2D eigenvalue weighted by Gasteiger charge is 2.23. The fourth-order valence-corrected chi connectivity index (χ4v) is 10.8. The van der Waals surface area contributed by atoms with Gasteiger partial charge in [0, 0.05) is 32.7 Å². The smallest absolute Gasteiger partial charge is 0.143 e. The molecule has 0 aliphatic heterocycles. The van der Waals surface area contributed by atoms with Crippen LogP contribution in [0.25, 0.3) is 142 Å². The Hall–Kier alpha value is -8.46. The first-order chi connectivity index (χ1) is 31.7. The number of hydrogen-bond donors (Lipinski definition) is 0. The lowest BCUT2D eigenvalue weighted by molar-refractivity contribution is 0.670. The lowest BCUT2D eigenvalue weighted by atomic mass is 9.84. The van der Waals surface area contributed by atoms with Crippen molar-refractivity contribution < 1.29 is 8.83 Å². The van der Waals surface area contributed by atoms with Crippen LogP contribution in [0.1, 0.15) is 0 Å². The molecule has 2 aromatic heterocycles. The van der Waals surface area contributed by atoms with Crippen LogP contribution in [-0.2, 0) is 0 Å². The number of rotatable bonds is 4. The van der Waals surface area contributed by atoms with E-state index in [4.69, 9.17) is 8.83 Å². The highest BCUT2D eigenvalue weighted by Crippen LogP contribution is 2.49. The Bertz CT molecular complexity index is 4030. The normalized spacial score (nSPS) is 12.1. The van der Waals surface area contributed by atoms with Crippen molar-refractivity contribution in [1.82, 2.24) is 0 Å². The molecule has 64 heavy (non-hydrogen) atoms. The predicted octanol–water partition coefficient (Wildman–Crippen LogP) is 17.9. The Morgan fingerprint density at radius 2 is 0.672 bits per heavy atom. The second kappa shape index (κ2) is 13.5. The van der Waals surface area contributed by atoms with E-state index >= 15 is 0 Å². The van der Waals surface area contributed by atoms with Crippen LogP contribution in [0, 0.1) is 0 Å². The maximum Gasteiger partial charge on any atom is 0.143 e. The van der Waals surface area contributed by atoms with Crippen LogP contribution in [0.15, 0.2) is 227 Å². The highest BCUT2D eigenvalue weighted by atomic mass is 16.3. The summed E-state index contributed by atoms with van der Waals surface area (Å²) in [6, 6.07) is 79.4. The number of para-hydroxylation sites is 2. The van der Waals surface area contributed by atoms with Crippen molar-refractivity contribution in [3.63, 3.8) is 0 Å². The lowest BCUT2D eigenvalue weighted by Crippen LogP contribution is -1.92. The molecule has 2 heteroatoms. The molecule has 12 aromatic carbocycles. The molecule has 14 rings (SSSR count). The van der Waals surface area contributed by atoms with Crippen molar-refractivity contribution in [1.29, 1.82) is 0 Å². The summed E-state index contributed by atoms with van der Waals surface area (Å²) in [6.07, 6.45) is 0. The average molecular weight is 813 g/mol. The van der Waals surface area contributed by atoms with Gasteiger partial charge >= 0.3 is 0 Å². The number of hydrogen-bond acceptors (Lipinski definition) is 2. The molecule has 0 aliphatic carbocycles. The second-order valence-corrected chi connectivity index (χ2v) is 17.1. The average Bonchev–Trinajstić information content (AvgIpc) is 3.95. The van der Waals surface area contributed by atoms with E-state index in [1.165, 1.54) is 65.3 Å². The molecule has 0 atom stereocenters. The topological polar surface area (TPSA) is 26.3 Å². The molecule has 0 spiro atoms.